The molecule has 0 bridgehead atoms. The Kier molecular flexibility index (Phi) is 3.54. The summed E-state index contributed by atoms with van der Waals surface area (Å²) in [7, 11) is 1.87. The molecule has 2 rings (SSSR count). The molecule has 0 fully saturated rings. The fraction of sp³-hybridized carbons (Fsp3) is 0.385. The second-order valence-corrected chi connectivity index (χ2v) is 4.50. The Labute approximate surface area is 101 Å². The molecular weight excluding hydrogens is 212 g/mol. The second kappa shape index (κ2) is 5.10. The Morgan fingerprint density at radius 1 is 1.29 bits per heavy atom. The maximum absolute atomic E-state index is 6.24. The fourth-order valence-electron chi connectivity index (χ4n) is 1.95. The van der Waals surface area contributed by atoms with E-state index in [9.17, 15) is 0 Å². The number of rotatable bonds is 4. The molecule has 2 aromatic rings. The van der Waals surface area contributed by atoms with Crippen LogP contribution in [0.1, 0.15) is 24.2 Å². The highest BCUT2D eigenvalue weighted by Crippen LogP contribution is 2.21. The van der Waals surface area contributed by atoms with Crippen molar-refractivity contribution in [3.8, 4) is 0 Å². The summed E-state index contributed by atoms with van der Waals surface area (Å²) in [6, 6.07) is 10.2. The van der Waals surface area contributed by atoms with Crippen LogP contribution in [0.4, 0.5) is 0 Å². The largest absolute Gasteiger partial charge is 0.324 e. The van der Waals surface area contributed by atoms with E-state index in [-0.39, 0.29) is 6.04 Å². The summed E-state index contributed by atoms with van der Waals surface area (Å²) in [4.78, 5) is 0. The van der Waals surface area contributed by atoms with Crippen molar-refractivity contribution in [3.05, 3.63) is 47.8 Å². The van der Waals surface area contributed by atoms with Crippen molar-refractivity contribution in [2.24, 2.45) is 18.7 Å². The van der Waals surface area contributed by atoms with E-state index in [1.807, 2.05) is 31.4 Å². The fourth-order valence-corrected chi connectivity index (χ4v) is 1.95. The van der Waals surface area contributed by atoms with E-state index in [0.717, 1.165) is 12.1 Å². The highest BCUT2D eigenvalue weighted by Gasteiger charge is 2.16. The van der Waals surface area contributed by atoms with E-state index in [1.54, 1.807) is 4.68 Å². The summed E-state index contributed by atoms with van der Waals surface area (Å²) in [5.41, 5.74) is 8.40. The van der Waals surface area contributed by atoms with Crippen LogP contribution in [0.2, 0.25) is 0 Å². The molecule has 0 amide bonds. The lowest BCUT2D eigenvalue weighted by atomic mass is 9.92. The zero-order valence-electron chi connectivity index (χ0n) is 10.2. The number of aromatic nitrogens is 3. The van der Waals surface area contributed by atoms with Crippen molar-refractivity contribution >= 4 is 0 Å². The summed E-state index contributed by atoms with van der Waals surface area (Å²) in [5.74, 6) is 0.342. The summed E-state index contributed by atoms with van der Waals surface area (Å²) < 4.78 is 1.72. The van der Waals surface area contributed by atoms with Crippen LogP contribution in [0.15, 0.2) is 36.5 Å². The van der Waals surface area contributed by atoms with Gasteiger partial charge in [0.2, 0.25) is 0 Å². The van der Waals surface area contributed by atoms with Crippen LogP contribution >= 0.6 is 0 Å². The van der Waals surface area contributed by atoms with E-state index in [1.165, 1.54) is 5.56 Å². The average Bonchev–Trinajstić information content (AvgIpc) is 2.75. The Balaban J connectivity index is 2.03. The number of hydrogen-bond acceptors (Lipinski definition) is 3. The molecule has 2 atom stereocenters. The predicted octanol–water partition coefficient (Wildman–Crippen LogP) is 1.69. The molecule has 17 heavy (non-hydrogen) atoms. The highest BCUT2D eigenvalue weighted by atomic mass is 15.4. The van der Waals surface area contributed by atoms with Crippen LogP contribution in [-0.4, -0.2) is 15.0 Å². The van der Waals surface area contributed by atoms with Gasteiger partial charge in [0.05, 0.1) is 5.69 Å². The maximum Gasteiger partial charge on any atom is 0.0830 e. The molecule has 2 N–H and O–H groups in total. The van der Waals surface area contributed by atoms with Crippen LogP contribution < -0.4 is 5.73 Å². The van der Waals surface area contributed by atoms with E-state index < -0.39 is 0 Å². The van der Waals surface area contributed by atoms with Gasteiger partial charge in [0.25, 0.3) is 0 Å². The van der Waals surface area contributed by atoms with Crippen LogP contribution in [0.3, 0.4) is 0 Å². The topological polar surface area (TPSA) is 56.7 Å². The Hall–Kier alpha value is -1.68. The Morgan fingerprint density at radius 3 is 2.59 bits per heavy atom. The number of nitrogens with zero attached hydrogens (tertiary/aromatic N) is 3. The molecule has 90 valence electrons. The molecule has 1 heterocycles. The molecular formula is C13H18N4. The molecule has 0 aliphatic heterocycles. The summed E-state index contributed by atoms with van der Waals surface area (Å²) in [6.07, 6.45) is 2.79. The molecule has 1 aromatic heterocycles. The molecule has 0 aliphatic rings. The molecule has 2 unspecified atom stereocenters. The lowest BCUT2D eigenvalue weighted by Crippen LogP contribution is -2.21. The average molecular weight is 230 g/mol. The lowest BCUT2D eigenvalue weighted by molar-refractivity contribution is 0.463. The van der Waals surface area contributed by atoms with Gasteiger partial charge in [-0.25, -0.2) is 0 Å². The first kappa shape index (κ1) is 11.8. The smallest absolute Gasteiger partial charge is 0.0830 e. The molecule has 0 saturated carbocycles. The standard InChI is InChI=1S/C13H18N4/c1-10(8-12-9-17(2)16-15-12)13(14)11-6-4-3-5-7-11/h3-7,9-10,13H,8,14H2,1-2H3. The third-order valence-electron chi connectivity index (χ3n) is 2.98. The molecule has 4 nitrogen and oxygen atoms in total. The number of aryl methyl sites for hydroxylation is 1. The SMILES string of the molecule is CC(Cc1cn(C)nn1)C(N)c1ccccc1. The van der Waals surface area contributed by atoms with Gasteiger partial charge in [-0.1, -0.05) is 42.5 Å². The van der Waals surface area contributed by atoms with E-state index in [4.69, 9.17) is 5.73 Å². The molecule has 0 spiro atoms. The van der Waals surface area contributed by atoms with Crippen LogP contribution in [0, 0.1) is 5.92 Å². The third-order valence-corrected chi connectivity index (χ3v) is 2.98. The highest BCUT2D eigenvalue weighted by molar-refractivity contribution is 5.19. The predicted molar refractivity (Wildman–Crippen MR) is 67.2 cm³/mol. The molecule has 4 heteroatoms. The van der Waals surface area contributed by atoms with Crippen molar-refractivity contribution in [1.82, 2.24) is 15.0 Å². The van der Waals surface area contributed by atoms with Gasteiger partial charge >= 0.3 is 0 Å². The van der Waals surface area contributed by atoms with Crippen LogP contribution in [0.25, 0.3) is 0 Å². The Bertz CT molecular complexity index is 463. The van der Waals surface area contributed by atoms with Crippen molar-refractivity contribution in [1.29, 1.82) is 0 Å². The first-order chi connectivity index (χ1) is 8.16. The number of hydrogen-bond donors (Lipinski definition) is 1. The third kappa shape index (κ3) is 2.91. The molecule has 0 aliphatic carbocycles. The zero-order chi connectivity index (χ0) is 12.3. The van der Waals surface area contributed by atoms with Gasteiger partial charge in [-0.05, 0) is 17.9 Å². The first-order valence-electron chi connectivity index (χ1n) is 5.82. The van der Waals surface area contributed by atoms with Crippen molar-refractivity contribution in [2.45, 2.75) is 19.4 Å². The maximum atomic E-state index is 6.24. The van der Waals surface area contributed by atoms with Crippen LogP contribution in [0.5, 0.6) is 0 Å². The number of benzene rings is 1. The molecule has 0 saturated heterocycles. The van der Waals surface area contributed by atoms with Crippen molar-refractivity contribution in [3.63, 3.8) is 0 Å². The summed E-state index contributed by atoms with van der Waals surface area (Å²) in [6.45, 7) is 2.15. The van der Waals surface area contributed by atoms with E-state index >= 15 is 0 Å². The van der Waals surface area contributed by atoms with Gasteiger partial charge < -0.3 is 5.73 Å². The second-order valence-electron chi connectivity index (χ2n) is 4.50. The van der Waals surface area contributed by atoms with Gasteiger partial charge in [-0.15, -0.1) is 5.10 Å². The van der Waals surface area contributed by atoms with Gasteiger partial charge in [0.1, 0.15) is 0 Å². The van der Waals surface area contributed by atoms with Crippen molar-refractivity contribution < 1.29 is 0 Å². The minimum absolute atomic E-state index is 0.0400. The first-order valence-corrected chi connectivity index (χ1v) is 5.82. The van der Waals surface area contributed by atoms with E-state index in [0.29, 0.717) is 5.92 Å². The monoisotopic (exact) mass is 230 g/mol. The van der Waals surface area contributed by atoms with Crippen molar-refractivity contribution in [2.75, 3.05) is 0 Å². The summed E-state index contributed by atoms with van der Waals surface area (Å²) >= 11 is 0. The van der Waals surface area contributed by atoms with Crippen LogP contribution in [-0.2, 0) is 13.5 Å². The quantitative estimate of drug-likeness (QED) is 0.869. The lowest BCUT2D eigenvalue weighted by Gasteiger charge is -2.19. The minimum Gasteiger partial charge on any atom is -0.324 e. The number of nitrogens with two attached hydrogens (primary N) is 1. The normalized spacial score (nSPS) is 14.5. The van der Waals surface area contributed by atoms with Gasteiger partial charge in [0, 0.05) is 19.3 Å². The van der Waals surface area contributed by atoms with Gasteiger partial charge in [-0.3, -0.25) is 4.68 Å². The van der Waals surface area contributed by atoms with E-state index in [2.05, 4.69) is 29.4 Å². The minimum atomic E-state index is 0.0400. The summed E-state index contributed by atoms with van der Waals surface area (Å²) in [5, 5.41) is 8.02. The zero-order valence-corrected chi connectivity index (χ0v) is 10.2. The van der Waals surface area contributed by atoms with Gasteiger partial charge in [0.15, 0.2) is 0 Å². The van der Waals surface area contributed by atoms with Gasteiger partial charge in [-0.2, -0.15) is 0 Å². The molecule has 1 aromatic carbocycles. The Morgan fingerprint density at radius 2 is 2.00 bits per heavy atom. The molecule has 0 radical (unpaired) electrons.